The van der Waals surface area contributed by atoms with E-state index in [0.717, 1.165) is 22.9 Å². The number of hydrogen-bond donors (Lipinski definition) is 1. The van der Waals surface area contributed by atoms with E-state index >= 15 is 0 Å². The molecule has 0 unspecified atom stereocenters. The Kier molecular flexibility index (Phi) is 9.62. The molecule has 0 atom stereocenters. The van der Waals surface area contributed by atoms with E-state index < -0.39 is 0 Å². The fourth-order valence-corrected chi connectivity index (χ4v) is 1.60. The van der Waals surface area contributed by atoms with E-state index in [-0.39, 0.29) is 23.7 Å². The molecule has 0 bridgehead atoms. The molecule has 0 fully saturated rings. The van der Waals surface area contributed by atoms with Crippen molar-refractivity contribution in [3.05, 3.63) is 58.1 Å². The van der Waals surface area contributed by atoms with E-state index in [9.17, 15) is 0 Å². The van der Waals surface area contributed by atoms with Gasteiger partial charge in [0.05, 0.1) is 0 Å². The van der Waals surface area contributed by atoms with Gasteiger partial charge in [0.2, 0.25) is 0 Å². The zero-order valence-electron chi connectivity index (χ0n) is 9.22. The number of rotatable bonds is 3. The van der Waals surface area contributed by atoms with Crippen molar-refractivity contribution >= 4 is 23.2 Å². The number of aliphatic hydroxyl groups excluding tert-OH is 1. The zero-order valence-corrected chi connectivity index (χ0v) is 11.8. The second-order valence-corrected chi connectivity index (χ2v) is 4.24. The van der Waals surface area contributed by atoms with E-state index in [1.807, 2.05) is 42.5 Å². The van der Waals surface area contributed by atoms with Crippen LogP contribution in [0.5, 0.6) is 0 Å². The first-order valence-corrected chi connectivity index (χ1v) is 5.87. The van der Waals surface area contributed by atoms with Crippen molar-refractivity contribution < 1.29 is 22.2 Å². The minimum atomic E-state index is 0. The van der Waals surface area contributed by atoms with Gasteiger partial charge in [-0.2, -0.15) is 35.9 Å². The van der Waals surface area contributed by atoms with Crippen LogP contribution < -0.4 is 0 Å². The van der Waals surface area contributed by atoms with Crippen molar-refractivity contribution in [3.8, 4) is 0 Å². The van der Waals surface area contributed by atoms with Gasteiger partial charge in [-0.05, 0) is 12.8 Å². The van der Waals surface area contributed by atoms with Crippen LogP contribution in [-0.2, 0) is 23.5 Å². The van der Waals surface area contributed by atoms with Gasteiger partial charge in [-0.1, -0.05) is 10.0 Å². The van der Waals surface area contributed by atoms with Gasteiger partial charge < -0.3 is 5.11 Å². The Bertz CT molecular complexity index is 382. The van der Waals surface area contributed by atoms with Crippen LogP contribution in [-0.4, -0.2) is 11.7 Å². The Balaban J connectivity index is 0.000000316. The molecule has 17 heavy (non-hydrogen) atoms. The van der Waals surface area contributed by atoms with Gasteiger partial charge in [0.25, 0.3) is 0 Å². The summed E-state index contributed by atoms with van der Waals surface area (Å²) in [4.78, 5) is 0. The number of hydrogen-bond acceptors (Lipinski definition) is 1. The Labute approximate surface area is 123 Å². The smallest absolute Gasteiger partial charge is 0.396 e. The summed E-state index contributed by atoms with van der Waals surface area (Å²) in [5.41, 5.74) is 1.21. The van der Waals surface area contributed by atoms with E-state index in [1.54, 1.807) is 0 Å². The van der Waals surface area contributed by atoms with E-state index in [4.69, 9.17) is 28.3 Å². The standard InChI is InChI=1S/C8H10ClO.C5H4Cl.Fe/c9-8-4-3-7(6-8)2-1-5-10;6-5-3-1-2-4-5;/h3-4,6,10H,1-2,5H2;1-4H;/q2*-1;+2. The molecule has 1 nitrogen and oxygen atoms in total. The molecule has 0 aromatic heterocycles. The SMILES string of the molecule is Clc1ccc[cH-]1.OCCCc1ccc(Cl)[cH-]1.[Fe+2]. The third-order valence-corrected chi connectivity index (χ3v) is 2.51. The van der Waals surface area contributed by atoms with Crippen molar-refractivity contribution in [1.82, 2.24) is 0 Å². The van der Waals surface area contributed by atoms with Gasteiger partial charge in [-0.15, -0.1) is 23.2 Å². The molecule has 0 saturated carbocycles. The fraction of sp³-hybridized carbons (Fsp3) is 0.231. The summed E-state index contributed by atoms with van der Waals surface area (Å²) in [7, 11) is 0. The molecule has 0 spiro atoms. The largest absolute Gasteiger partial charge is 2.00 e. The molecular weight excluding hydrogens is 299 g/mol. The number of halogens is 2. The third-order valence-electron chi connectivity index (χ3n) is 2.03. The fourth-order valence-electron chi connectivity index (χ4n) is 1.25. The van der Waals surface area contributed by atoms with Crippen molar-refractivity contribution in [2.24, 2.45) is 0 Å². The van der Waals surface area contributed by atoms with E-state index in [0.29, 0.717) is 0 Å². The summed E-state index contributed by atoms with van der Waals surface area (Å²) < 4.78 is 0. The molecule has 0 saturated heterocycles. The molecule has 0 aliphatic heterocycles. The van der Waals surface area contributed by atoms with Crippen LogP contribution in [0.25, 0.3) is 0 Å². The Morgan fingerprint density at radius 2 is 1.88 bits per heavy atom. The monoisotopic (exact) mass is 312 g/mol. The summed E-state index contributed by atoms with van der Waals surface area (Å²) in [5, 5.41) is 10.1. The van der Waals surface area contributed by atoms with Gasteiger partial charge in [0, 0.05) is 6.61 Å². The van der Waals surface area contributed by atoms with Crippen molar-refractivity contribution in [2.45, 2.75) is 12.8 Å². The maximum absolute atomic E-state index is 8.50. The van der Waals surface area contributed by atoms with Gasteiger partial charge in [0.1, 0.15) is 0 Å². The molecule has 2 aromatic rings. The van der Waals surface area contributed by atoms with Crippen LogP contribution in [0.15, 0.2) is 42.5 Å². The average Bonchev–Trinajstić information content (AvgIpc) is 2.88. The first kappa shape index (κ1) is 16.8. The van der Waals surface area contributed by atoms with Crippen LogP contribution in [0, 0.1) is 0 Å². The summed E-state index contributed by atoms with van der Waals surface area (Å²) in [5.74, 6) is 0. The second-order valence-electron chi connectivity index (χ2n) is 3.37. The quantitative estimate of drug-likeness (QED) is 0.670. The average molecular weight is 313 g/mol. The maximum atomic E-state index is 8.50. The van der Waals surface area contributed by atoms with Crippen LogP contribution in [0.3, 0.4) is 0 Å². The minimum absolute atomic E-state index is 0. The Morgan fingerprint density at radius 1 is 1.12 bits per heavy atom. The maximum Gasteiger partial charge on any atom is 2.00 e. The molecular formula is C13H14Cl2FeO. The number of aryl methyl sites for hydroxylation is 1. The van der Waals surface area contributed by atoms with Crippen LogP contribution in [0.4, 0.5) is 0 Å². The van der Waals surface area contributed by atoms with Crippen molar-refractivity contribution in [3.63, 3.8) is 0 Å². The predicted molar refractivity (Wildman–Crippen MR) is 69.5 cm³/mol. The first-order valence-electron chi connectivity index (χ1n) is 5.11. The van der Waals surface area contributed by atoms with Crippen molar-refractivity contribution in [1.29, 1.82) is 0 Å². The molecule has 2 aromatic carbocycles. The Morgan fingerprint density at radius 3 is 2.24 bits per heavy atom. The summed E-state index contributed by atoms with van der Waals surface area (Å²) >= 11 is 11.1. The third kappa shape index (κ3) is 7.64. The van der Waals surface area contributed by atoms with E-state index in [2.05, 4.69) is 0 Å². The molecule has 2 rings (SSSR count). The van der Waals surface area contributed by atoms with Crippen LogP contribution >= 0.6 is 23.2 Å². The molecule has 1 N–H and O–H groups in total. The second kappa shape index (κ2) is 9.76. The van der Waals surface area contributed by atoms with Gasteiger partial charge in [-0.25, -0.2) is 12.1 Å². The van der Waals surface area contributed by atoms with Crippen LogP contribution in [0.1, 0.15) is 12.0 Å². The summed E-state index contributed by atoms with van der Waals surface area (Å²) in [6.07, 6.45) is 1.74. The first-order chi connectivity index (χ1) is 7.72. The van der Waals surface area contributed by atoms with E-state index in [1.165, 1.54) is 5.56 Å². The summed E-state index contributed by atoms with van der Waals surface area (Å²) in [6, 6.07) is 13.3. The zero-order chi connectivity index (χ0) is 11.8. The van der Waals surface area contributed by atoms with Crippen LogP contribution in [0.2, 0.25) is 10.0 Å². The molecule has 0 aliphatic rings. The normalized spacial score (nSPS) is 9.12. The molecule has 0 aliphatic carbocycles. The van der Waals surface area contributed by atoms with Gasteiger partial charge in [-0.3, -0.25) is 0 Å². The molecule has 4 heteroatoms. The van der Waals surface area contributed by atoms with Crippen molar-refractivity contribution in [2.75, 3.05) is 6.61 Å². The molecule has 94 valence electrons. The minimum Gasteiger partial charge on any atom is -0.396 e. The predicted octanol–water partition coefficient (Wildman–Crippen LogP) is 4.04. The number of aliphatic hydroxyl groups is 1. The molecule has 0 amide bonds. The molecule has 0 heterocycles. The Hall–Kier alpha value is -0.241. The van der Waals surface area contributed by atoms with Gasteiger partial charge >= 0.3 is 17.1 Å². The summed E-state index contributed by atoms with van der Waals surface area (Å²) in [6.45, 7) is 0.253. The topological polar surface area (TPSA) is 20.2 Å². The van der Waals surface area contributed by atoms with Gasteiger partial charge in [0.15, 0.2) is 0 Å². The molecule has 0 radical (unpaired) electrons.